The fourth-order valence-electron chi connectivity index (χ4n) is 2.17. The van der Waals surface area contributed by atoms with Crippen LogP contribution >= 0.6 is 11.3 Å². The van der Waals surface area contributed by atoms with Crippen molar-refractivity contribution in [3.63, 3.8) is 0 Å². The zero-order chi connectivity index (χ0) is 13.1. The van der Waals surface area contributed by atoms with E-state index in [1.165, 1.54) is 4.88 Å². The minimum Gasteiger partial charge on any atom is -0.465 e. The highest BCUT2D eigenvalue weighted by Crippen LogP contribution is 2.37. The number of carbonyl (C=O) groups is 1. The van der Waals surface area contributed by atoms with Crippen LogP contribution in [0.25, 0.3) is 0 Å². The number of rotatable bonds is 5. The molecular weight excluding hydrogens is 250 g/mol. The second kappa shape index (κ2) is 5.80. The molecule has 0 saturated heterocycles. The van der Waals surface area contributed by atoms with E-state index in [0.29, 0.717) is 6.61 Å². The molecule has 0 radical (unpaired) electrons. The summed E-state index contributed by atoms with van der Waals surface area (Å²) in [5, 5.41) is 1.06. The van der Waals surface area contributed by atoms with Gasteiger partial charge in [0.15, 0.2) is 0 Å². The van der Waals surface area contributed by atoms with Crippen LogP contribution in [0.4, 0.5) is 0 Å². The molecule has 4 nitrogen and oxygen atoms in total. The lowest BCUT2D eigenvalue weighted by Gasteiger charge is -2.08. The largest absolute Gasteiger partial charge is 0.465 e. The number of aryl methyl sites for hydroxylation is 1. The summed E-state index contributed by atoms with van der Waals surface area (Å²) in [5.41, 5.74) is 0.941. The van der Waals surface area contributed by atoms with Crippen molar-refractivity contribution in [1.29, 1.82) is 0 Å². The van der Waals surface area contributed by atoms with E-state index in [-0.39, 0.29) is 18.0 Å². The molecule has 0 fully saturated rings. The summed E-state index contributed by atoms with van der Waals surface area (Å²) in [6, 6.07) is 0. The minimum absolute atomic E-state index is 0.132. The van der Waals surface area contributed by atoms with Gasteiger partial charge in [0, 0.05) is 18.4 Å². The lowest BCUT2D eigenvalue weighted by molar-refractivity contribution is -0.145. The highest BCUT2D eigenvalue weighted by Gasteiger charge is 2.33. The predicted octanol–water partition coefficient (Wildman–Crippen LogP) is 2.31. The van der Waals surface area contributed by atoms with E-state index in [1.54, 1.807) is 18.4 Å². The highest BCUT2D eigenvalue weighted by molar-refractivity contribution is 7.11. The number of esters is 1. The number of hydrogen-bond donors (Lipinski definition) is 0. The third kappa shape index (κ3) is 2.72. The average molecular weight is 269 g/mol. The van der Waals surface area contributed by atoms with Gasteiger partial charge in [0.2, 0.25) is 0 Å². The van der Waals surface area contributed by atoms with Crippen LogP contribution in [0, 0.1) is 0 Å². The van der Waals surface area contributed by atoms with Crippen LogP contribution in [0.2, 0.25) is 0 Å². The molecular formula is C13H19NO3S. The summed E-state index contributed by atoms with van der Waals surface area (Å²) in [6.07, 6.45) is 2.76. The number of ether oxygens (including phenoxy) is 2. The number of thiazole rings is 1. The van der Waals surface area contributed by atoms with Crippen molar-refractivity contribution in [2.24, 2.45) is 0 Å². The third-order valence-electron chi connectivity index (χ3n) is 3.20. The molecule has 1 aromatic rings. The van der Waals surface area contributed by atoms with Crippen LogP contribution < -0.4 is 0 Å². The molecule has 5 heteroatoms. The molecule has 1 aliphatic rings. The molecule has 2 atom stereocenters. The predicted molar refractivity (Wildman–Crippen MR) is 70.0 cm³/mol. The van der Waals surface area contributed by atoms with Crippen molar-refractivity contribution in [1.82, 2.24) is 4.98 Å². The second-order valence-electron chi connectivity index (χ2n) is 4.51. The Kier molecular flexibility index (Phi) is 4.35. The number of carbonyl (C=O) groups excluding carboxylic acids is 1. The lowest BCUT2D eigenvalue weighted by Crippen LogP contribution is -2.14. The minimum atomic E-state index is -0.150. The Morgan fingerprint density at radius 2 is 2.39 bits per heavy atom. The fourth-order valence-corrected chi connectivity index (χ4v) is 3.43. The molecule has 0 amide bonds. The van der Waals surface area contributed by atoms with Crippen molar-refractivity contribution in [3.8, 4) is 0 Å². The first-order valence-electron chi connectivity index (χ1n) is 6.33. The maximum absolute atomic E-state index is 11.8. The van der Waals surface area contributed by atoms with Gasteiger partial charge >= 0.3 is 5.97 Å². The first-order valence-corrected chi connectivity index (χ1v) is 7.15. The summed E-state index contributed by atoms with van der Waals surface area (Å²) in [4.78, 5) is 17.7. The molecule has 18 heavy (non-hydrogen) atoms. The zero-order valence-electron chi connectivity index (χ0n) is 11.1. The van der Waals surface area contributed by atoms with E-state index in [4.69, 9.17) is 9.47 Å². The van der Waals surface area contributed by atoms with E-state index in [9.17, 15) is 4.79 Å². The van der Waals surface area contributed by atoms with Crippen molar-refractivity contribution >= 4 is 17.3 Å². The molecule has 2 unspecified atom stereocenters. The normalized spacial score (nSPS) is 19.6. The molecule has 0 spiro atoms. The summed E-state index contributed by atoms with van der Waals surface area (Å²) in [5.74, 6) is -0.282. The standard InChI is InChI=1S/C13H19NO3S/c1-4-17-13(15)9-5-6-10-12(9)14-11(18-10)7-8(2)16-3/h8-9H,4-7H2,1-3H3. The second-order valence-corrected chi connectivity index (χ2v) is 5.68. The average Bonchev–Trinajstić information content (AvgIpc) is 2.88. The Labute approximate surface area is 111 Å². The molecule has 0 aromatic carbocycles. The van der Waals surface area contributed by atoms with E-state index in [1.807, 2.05) is 13.8 Å². The van der Waals surface area contributed by atoms with Gasteiger partial charge in [-0.25, -0.2) is 4.98 Å². The first kappa shape index (κ1) is 13.5. The van der Waals surface area contributed by atoms with E-state index in [2.05, 4.69) is 4.98 Å². The van der Waals surface area contributed by atoms with Gasteiger partial charge < -0.3 is 9.47 Å². The summed E-state index contributed by atoms with van der Waals surface area (Å²) in [7, 11) is 1.70. The van der Waals surface area contributed by atoms with Crippen LogP contribution in [0.3, 0.4) is 0 Å². The van der Waals surface area contributed by atoms with Gasteiger partial charge in [0.1, 0.15) is 5.92 Å². The smallest absolute Gasteiger partial charge is 0.315 e. The van der Waals surface area contributed by atoms with Crippen LogP contribution in [0.1, 0.15) is 41.8 Å². The maximum atomic E-state index is 11.8. The summed E-state index contributed by atoms with van der Waals surface area (Å²) < 4.78 is 10.3. The van der Waals surface area contributed by atoms with E-state index < -0.39 is 0 Å². The molecule has 1 aromatic heterocycles. The number of nitrogens with zero attached hydrogens (tertiary/aromatic N) is 1. The van der Waals surface area contributed by atoms with Crippen molar-refractivity contribution in [3.05, 3.63) is 15.6 Å². The lowest BCUT2D eigenvalue weighted by atomic mass is 10.1. The molecule has 0 saturated carbocycles. The topological polar surface area (TPSA) is 48.4 Å². The molecule has 100 valence electrons. The monoisotopic (exact) mass is 269 g/mol. The Hall–Kier alpha value is -0.940. The number of hydrogen-bond acceptors (Lipinski definition) is 5. The van der Waals surface area contributed by atoms with Crippen molar-refractivity contribution in [2.75, 3.05) is 13.7 Å². The molecule has 1 heterocycles. The van der Waals surface area contributed by atoms with Crippen LogP contribution in [0.15, 0.2) is 0 Å². The van der Waals surface area contributed by atoms with Crippen LogP contribution in [0.5, 0.6) is 0 Å². The summed E-state index contributed by atoms with van der Waals surface area (Å²) >= 11 is 1.71. The molecule has 0 bridgehead atoms. The summed E-state index contributed by atoms with van der Waals surface area (Å²) in [6.45, 7) is 4.29. The SMILES string of the molecule is CCOC(=O)C1CCc2sc(CC(C)OC)nc21. The Balaban J connectivity index is 2.10. The maximum Gasteiger partial charge on any atom is 0.315 e. The Bertz CT molecular complexity index is 430. The number of methoxy groups -OCH3 is 1. The van der Waals surface area contributed by atoms with Crippen molar-refractivity contribution in [2.45, 2.75) is 45.1 Å². The third-order valence-corrected chi connectivity index (χ3v) is 4.35. The van der Waals surface area contributed by atoms with Gasteiger partial charge in [0.25, 0.3) is 0 Å². The number of fused-ring (bicyclic) bond motifs is 1. The van der Waals surface area contributed by atoms with Gasteiger partial charge in [0.05, 0.1) is 23.4 Å². The number of aromatic nitrogens is 1. The Morgan fingerprint density at radius 3 is 3.06 bits per heavy atom. The van der Waals surface area contributed by atoms with Gasteiger partial charge in [-0.2, -0.15) is 0 Å². The molecule has 1 aliphatic carbocycles. The van der Waals surface area contributed by atoms with E-state index >= 15 is 0 Å². The first-order chi connectivity index (χ1) is 8.65. The fraction of sp³-hybridized carbons (Fsp3) is 0.692. The van der Waals surface area contributed by atoms with Crippen LogP contribution in [-0.4, -0.2) is 30.8 Å². The van der Waals surface area contributed by atoms with E-state index in [0.717, 1.165) is 30.0 Å². The van der Waals surface area contributed by atoms with Gasteiger partial charge in [-0.3, -0.25) is 4.79 Å². The molecule has 0 aliphatic heterocycles. The van der Waals surface area contributed by atoms with Gasteiger partial charge in [-0.15, -0.1) is 11.3 Å². The highest BCUT2D eigenvalue weighted by atomic mass is 32.1. The molecule has 2 rings (SSSR count). The van der Waals surface area contributed by atoms with Gasteiger partial charge in [-0.05, 0) is 26.7 Å². The molecule has 0 N–H and O–H groups in total. The zero-order valence-corrected chi connectivity index (χ0v) is 11.9. The van der Waals surface area contributed by atoms with Gasteiger partial charge in [-0.1, -0.05) is 0 Å². The quantitative estimate of drug-likeness (QED) is 0.770. The van der Waals surface area contributed by atoms with Crippen LogP contribution in [-0.2, 0) is 27.1 Å². The van der Waals surface area contributed by atoms with Crippen molar-refractivity contribution < 1.29 is 14.3 Å². The Morgan fingerprint density at radius 1 is 1.61 bits per heavy atom.